The summed E-state index contributed by atoms with van der Waals surface area (Å²) in [5.74, 6) is 0.483. The van der Waals surface area contributed by atoms with E-state index in [2.05, 4.69) is 26.0 Å². The molecule has 3 aromatic rings. The number of thioether (sulfide) groups is 1. The SMILES string of the molecule is Cc1ccc(N(C)C(=O)CSc2c3c(nc4ccc(Cl)cc24)CCCC3)cc1C. The summed E-state index contributed by atoms with van der Waals surface area (Å²) in [6.45, 7) is 4.16. The molecule has 0 bridgehead atoms. The molecule has 0 unspecified atom stereocenters. The number of rotatable bonds is 4. The number of amides is 1. The Hall–Kier alpha value is -2.04. The van der Waals surface area contributed by atoms with E-state index in [1.54, 1.807) is 16.7 Å². The van der Waals surface area contributed by atoms with Gasteiger partial charge >= 0.3 is 0 Å². The molecule has 0 radical (unpaired) electrons. The largest absolute Gasteiger partial charge is 0.315 e. The number of halogens is 1. The highest BCUT2D eigenvalue weighted by atomic mass is 35.5. The zero-order valence-electron chi connectivity index (χ0n) is 17.1. The first-order valence-corrected chi connectivity index (χ1v) is 11.4. The molecule has 0 aliphatic heterocycles. The molecule has 5 heteroatoms. The highest BCUT2D eigenvalue weighted by molar-refractivity contribution is 8.00. The van der Waals surface area contributed by atoms with Gasteiger partial charge < -0.3 is 4.90 Å². The van der Waals surface area contributed by atoms with Gasteiger partial charge in [-0.05, 0) is 86.6 Å². The molecule has 0 fully saturated rings. The summed E-state index contributed by atoms with van der Waals surface area (Å²) in [6, 6.07) is 12.0. The lowest BCUT2D eigenvalue weighted by Gasteiger charge is -2.22. The Morgan fingerprint density at radius 3 is 2.69 bits per heavy atom. The maximum absolute atomic E-state index is 12.9. The van der Waals surface area contributed by atoms with Crippen molar-refractivity contribution in [1.82, 2.24) is 4.98 Å². The average Bonchev–Trinajstić information content (AvgIpc) is 2.72. The normalized spacial score (nSPS) is 13.4. The topological polar surface area (TPSA) is 33.2 Å². The van der Waals surface area contributed by atoms with Crippen LogP contribution in [0, 0.1) is 13.8 Å². The standard InChI is InChI=1S/C24H25ClN2OS/c1-15-8-10-18(12-16(15)2)27(3)23(28)14-29-24-19-6-4-5-7-21(19)26-22-11-9-17(25)13-20(22)24/h8-13H,4-7,14H2,1-3H3. The molecule has 1 aliphatic rings. The number of nitrogens with zero attached hydrogens (tertiary/aromatic N) is 2. The van der Waals surface area contributed by atoms with Gasteiger partial charge in [-0.3, -0.25) is 9.78 Å². The van der Waals surface area contributed by atoms with Gasteiger partial charge in [-0.1, -0.05) is 17.7 Å². The van der Waals surface area contributed by atoms with Crippen molar-refractivity contribution in [3.05, 3.63) is 63.8 Å². The molecular weight excluding hydrogens is 400 g/mol. The van der Waals surface area contributed by atoms with Crippen LogP contribution >= 0.6 is 23.4 Å². The maximum Gasteiger partial charge on any atom is 0.237 e. The minimum Gasteiger partial charge on any atom is -0.315 e. The molecular formula is C24H25ClN2OS. The molecule has 4 rings (SSSR count). The predicted molar refractivity (Wildman–Crippen MR) is 123 cm³/mol. The summed E-state index contributed by atoms with van der Waals surface area (Å²) in [4.78, 5) is 20.8. The van der Waals surface area contributed by atoms with Crippen LogP contribution in [0.25, 0.3) is 10.9 Å². The number of carbonyl (C=O) groups excluding carboxylic acids is 1. The molecule has 1 heterocycles. The molecule has 0 atom stereocenters. The summed E-state index contributed by atoms with van der Waals surface area (Å²) < 4.78 is 0. The smallest absolute Gasteiger partial charge is 0.237 e. The lowest BCUT2D eigenvalue weighted by Crippen LogP contribution is -2.28. The van der Waals surface area contributed by atoms with E-state index in [1.165, 1.54) is 40.1 Å². The monoisotopic (exact) mass is 424 g/mol. The van der Waals surface area contributed by atoms with Crippen molar-refractivity contribution in [1.29, 1.82) is 0 Å². The second-order valence-corrected chi connectivity index (χ2v) is 9.17. The maximum atomic E-state index is 12.9. The number of pyridine rings is 1. The van der Waals surface area contributed by atoms with Crippen LogP contribution in [0.5, 0.6) is 0 Å². The second kappa shape index (κ2) is 8.37. The molecule has 2 aromatic carbocycles. The van der Waals surface area contributed by atoms with Crippen LogP contribution in [-0.4, -0.2) is 23.7 Å². The predicted octanol–water partition coefficient (Wildman–Crippen LogP) is 6.14. The van der Waals surface area contributed by atoms with Gasteiger partial charge in [0.1, 0.15) is 0 Å². The Morgan fingerprint density at radius 1 is 1.10 bits per heavy atom. The van der Waals surface area contributed by atoms with Gasteiger partial charge in [-0.2, -0.15) is 0 Å². The Labute approximate surface area is 181 Å². The van der Waals surface area contributed by atoms with Crippen LogP contribution < -0.4 is 4.90 Å². The lowest BCUT2D eigenvalue weighted by molar-refractivity contribution is -0.115. The fourth-order valence-corrected chi connectivity index (χ4v) is 5.17. The van der Waals surface area contributed by atoms with Crippen LogP contribution in [0.1, 0.15) is 35.2 Å². The van der Waals surface area contributed by atoms with Crippen molar-refractivity contribution in [2.45, 2.75) is 44.4 Å². The Kier molecular flexibility index (Phi) is 5.84. The summed E-state index contributed by atoms with van der Waals surface area (Å²) in [6.07, 6.45) is 4.38. The zero-order valence-corrected chi connectivity index (χ0v) is 18.7. The third kappa shape index (κ3) is 4.15. The molecule has 0 saturated carbocycles. The van der Waals surface area contributed by atoms with Gasteiger partial charge in [0.05, 0.1) is 11.3 Å². The summed E-state index contributed by atoms with van der Waals surface area (Å²) >= 11 is 7.90. The van der Waals surface area contributed by atoms with Crippen LogP contribution in [0.15, 0.2) is 41.3 Å². The lowest BCUT2D eigenvalue weighted by atomic mass is 9.94. The quantitative estimate of drug-likeness (QED) is 0.471. The van der Waals surface area contributed by atoms with Crippen molar-refractivity contribution in [3.8, 4) is 0 Å². The van der Waals surface area contributed by atoms with E-state index in [9.17, 15) is 4.79 Å². The van der Waals surface area contributed by atoms with Crippen LogP contribution in [0.4, 0.5) is 5.69 Å². The van der Waals surface area contributed by atoms with Crippen molar-refractivity contribution in [2.24, 2.45) is 0 Å². The van der Waals surface area contributed by atoms with Crippen LogP contribution in [-0.2, 0) is 17.6 Å². The average molecular weight is 425 g/mol. The number of fused-ring (bicyclic) bond motifs is 2. The summed E-state index contributed by atoms with van der Waals surface area (Å²) in [5, 5.41) is 1.76. The third-order valence-electron chi connectivity index (χ3n) is 5.76. The van der Waals surface area contributed by atoms with Gasteiger partial charge in [0.15, 0.2) is 0 Å². The first kappa shape index (κ1) is 20.2. The fourth-order valence-electron chi connectivity index (χ4n) is 3.83. The molecule has 1 amide bonds. The molecule has 1 aromatic heterocycles. The van der Waals surface area contributed by atoms with E-state index in [0.29, 0.717) is 10.8 Å². The van der Waals surface area contributed by atoms with E-state index in [1.807, 2.05) is 31.3 Å². The second-order valence-electron chi connectivity index (χ2n) is 7.74. The Morgan fingerprint density at radius 2 is 1.90 bits per heavy atom. The zero-order chi connectivity index (χ0) is 20.5. The van der Waals surface area contributed by atoms with E-state index >= 15 is 0 Å². The molecule has 0 saturated heterocycles. The number of carbonyl (C=O) groups is 1. The molecule has 0 spiro atoms. The first-order valence-electron chi connectivity index (χ1n) is 10.0. The third-order valence-corrected chi connectivity index (χ3v) is 7.14. The van der Waals surface area contributed by atoms with Gasteiger partial charge in [-0.25, -0.2) is 0 Å². The highest BCUT2D eigenvalue weighted by Gasteiger charge is 2.20. The molecule has 29 heavy (non-hydrogen) atoms. The summed E-state index contributed by atoms with van der Waals surface area (Å²) in [5.41, 5.74) is 6.81. The number of anilines is 1. The number of benzene rings is 2. The number of hydrogen-bond donors (Lipinski definition) is 0. The molecule has 150 valence electrons. The fraction of sp³-hybridized carbons (Fsp3) is 0.333. The number of aryl methyl sites for hydroxylation is 3. The molecule has 3 nitrogen and oxygen atoms in total. The Bertz CT molecular complexity index is 1100. The minimum absolute atomic E-state index is 0.0924. The number of hydrogen-bond acceptors (Lipinski definition) is 3. The highest BCUT2D eigenvalue weighted by Crippen LogP contribution is 2.37. The van der Waals surface area contributed by atoms with Crippen molar-refractivity contribution >= 4 is 45.9 Å². The van der Waals surface area contributed by atoms with Crippen LogP contribution in [0.3, 0.4) is 0 Å². The van der Waals surface area contributed by atoms with Crippen LogP contribution in [0.2, 0.25) is 5.02 Å². The summed E-state index contributed by atoms with van der Waals surface area (Å²) in [7, 11) is 1.85. The van der Waals surface area contributed by atoms with E-state index in [-0.39, 0.29) is 5.91 Å². The Balaban J connectivity index is 1.62. The number of aromatic nitrogens is 1. The van der Waals surface area contributed by atoms with Crippen molar-refractivity contribution in [3.63, 3.8) is 0 Å². The molecule has 0 N–H and O–H groups in total. The van der Waals surface area contributed by atoms with E-state index < -0.39 is 0 Å². The van der Waals surface area contributed by atoms with Gasteiger partial charge in [0.2, 0.25) is 5.91 Å². The van der Waals surface area contributed by atoms with Gasteiger partial charge in [-0.15, -0.1) is 11.8 Å². The van der Waals surface area contributed by atoms with Crippen molar-refractivity contribution in [2.75, 3.05) is 17.7 Å². The van der Waals surface area contributed by atoms with E-state index in [0.717, 1.165) is 29.4 Å². The van der Waals surface area contributed by atoms with Gasteiger partial charge in [0.25, 0.3) is 0 Å². The first-order chi connectivity index (χ1) is 13.9. The minimum atomic E-state index is 0.0924. The van der Waals surface area contributed by atoms with E-state index in [4.69, 9.17) is 16.6 Å². The molecule has 1 aliphatic carbocycles. The van der Waals surface area contributed by atoms with Gasteiger partial charge in [0, 0.05) is 33.7 Å². The van der Waals surface area contributed by atoms with Crippen molar-refractivity contribution < 1.29 is 4.79 Å².